The standard InChI is InChI=1S/C8H7BrFN3S/c9-6-3-1-2-5(7(6)10)4-12-13-8(11)14/h1-4H,(H3,11,13,14)/b12-4+. The Kier molecular flexibility index (Phi) is 3.97. The first kappa shape index (κ1) is 11.1. The number of hydrazone groups is 1. The fourth-order valence-electron chi connectivity index (χ4n) is 0.786. The molecule has 0 spiro atoms. The van der Waals surface area contributed by atoms with E-state index in [1.807, 2.05) is 0 Å². The van der Waals surface area contributed by atoms with E-state index in [9.17, 15) is 4.39 Å². The molecule has 0 amide bonds. The zero-order chi connectivity index (χ0) is 10.6. The number of hydrogen-bond acceptors (Lipinski definition) is 2. The van der Waals surface area contributed by atoms with Gasteiger partial charge in [-0.25, -0.2) is 4.39 Å². The Balaban J connectivity index is 2.81. The normalized spacial score (nSPS) is 10.4. The molecule has 14 heavy (non-hydrogen) atoms. The zero-order valence-electron chi connectivity index (χ0n) is 7.00. The summed E-state index contributed by atoms with van der Waals surface area (Å²) in [6, 6.07) is 4.90. The number of hydrogen-bond donors (Lipinski definition) is 2. The van der Waals surface area contributed by atoms with Crippen LogP contribution in [0.2, 0.25) is 0 Å². The third-order valence-corrected chi connectivity index (χ3v) is 2.06. The van der Waals surface area contributed by atoms with Gasteiger partial charge in [0, 0.05) is 5.56 Å². The summed E-state index contributed by atoms with van der Waals surface area (Å²) in [5.74, 6) is -0.374. The first-order valence-corrected chi connectivity index (χ1v) is 4.84. The van der Waals surface area contributed by atoms with Gasteiger partial charge in [-0.3, -0.25) is 5.43 Å². The molecular weight excluding hydrogens is 269 g/mol. The molecule has 0 aliphatic heterocycles. The van der Waals surface area contributed by atoms with Crippen LogP contribution in [-0.4, -0.2) is 11.3 Å². The summed E-state index contributed by atoms with van der Waals surface area (Å²) >= 11 is 7.58. The van der Waals surface area contributed by atoms with Gasteiger partial charge in [0.2, 0.25) is 0 Å². The highest BCUT2D eigenvalue weighted by molar-refractivity contribution is 9.10. The first-order valence-electron chi connectivity index (χ1n) is 3.64. The molecule has 0 heterocycles. The minimum absolute atomic E-state index is 0.0386. The van der Waals surface area contributed by atoms with Crippen LogP contribution in [0.3, 0.4) is 0 Å². The van der Waals surface area contributed by atoms with E-state index in [0.29, 0.717) is 10.0 Å². The van der Waals surface area contributed by atoms with Crippen LogP contribution < -0.4 is 11.2 Å². The van der Waals surface area contributed by atoms with Gasteiger partial charge in [-0.1, -0.05) is 12.1 Å². The van der Waals surface area contributed by atoms with Gasteiger partial charge >= 0.3 is 0 Å². The highest BCUT2D eigenvalue weighted by Crippen LogP contribution is 2.16. The van der Waals surface area contributed by atoms with Crippen molar-refractivity contribution in [2.75, 3.05) is 0 Å². The largest absolute Gasteiger partial charge is 0.375 e. The highest BCUT2D eigenvalue weighted by atomic mass is 79.9. The lowest BCUT2D eigenvalue weighted by atomic mass is 10.2. The predicted octanol–water partition coefficient (Wildman–Crippen LogP) is 1.76. The van der Waals surface area contributed by atoms with Crippen molar-refractivity contribution in [2.24, 2.45) is 10.8 Å². The number of benzene rings is 1. The number of nitrogens with zero attached hydrogens (tertiary/aromatic N) is 1. The topological polar surface area (TPSA) is 50.4 Å². The maximum atomic E-state index is 13.3. The minimum atomic E-state index is -0.374. The van der Waals surface area contributed by atoms with Crippen LogP contribution in [0.1, 0.15) is 5.56 Å². The third kappa shape index (κ3) is 3.04. The predicted molar refractivity (Wildman–Crippen MR) is 61.6 cm³/mol. The molecule has 1 aromatic rings. The lowest BCUT2D eigenvalue weighted by Crippen LogP contribution is -2.24. The lowest BCUT2D eigenvalue weighted by molar-refractivity contribution is 0.619. The van der Waals surface area contributed by atoms with Gasteiger partial charge < -0.3 is 5.73 Å². The third-order valence-electron chi connectivity index (χ3n) is 1.36. The fourth-order valence-corrected chi connectivity index (χ4v) is 1.22. The Bertz CT molecular complexity index is 381. The fraction of sp³-hybridized carbons (Fsp3) is 0. The molecule has 1 rings (SSSR count). The van der Waals surface area contributed by atoms with E-state index in [-0.39, 0.29) is 10.9 Å². The quantitative estimate of drug-likeness (QED) is 0.491. The van der Waals surface area contributed by atoms with Crippen molar-refractivity contribution in [3.05, 3.63) is 34.1 Å². The lowest BCUT2D eigenvalue weighted by Gasteiger charge is -1.98. The molecule has 0 fully saturated rings. The van der Waals surface area contributed by atoms with Crippen LogP contribution in [0.5, 0.6) is 0 Å². The Hall–Kier alpha value is -1.01. The maximum Gasteiger partial charge on any atom is 0.184 e. The SMILES string of the molecule is NC(=S)N/N=C/c1cccc(Br)c1F. The van der Waals surface area contributed by atoms with Crippen molar-refractivity contribution in [3.8, 4) is 0 Å². The van der Waals surface area contributed by atoms with Crippen LogP contribution in [-0.2, 0) is 0 Å². The molecule has 0 aliphatic carbocycles. The molecule has 3 nitrogen and oxygen atoms in total. The molecule has 0 aromatic heterocycles. The van der Waals surface area contributed by atoms with Gasteiger partial charge in [-0.15, -0.1) is 0 Å². The zero-order valence-corrected chi connectivity index (χ0v) is 9.40. The first-order chi connectivity index (χ1) is 6.61. The van der Waals surface area contributed by atoms with Gasteiger partial charge in [0.1, 0.15) is 5.82 Å². The summed E-state index contributed by atoms with van der Waals surface area (Å²) in [5.41, 5.74) is 7.82. The summed E-state index contributed by atoms with van der Waals surface area (Å²) in [6.07, 6.45) is 1.30. The van der Waals surface area contributed by atoms with Crippen LogP contribution in [0.25, 0.3) is 0 Å². The van der Waals surface area contributed by atoms with E-state index in [0.717, 1.165) is 0 Å². The van der Waals surface area contributed by atoms with Crippen molar-refractivity contribution in [1.29, 1.82) is 0 Å². The Morgan fingerprint density at radius 3 is 3.00 bits per heavy atom. The molecule has 0 atom stereocenters. The van der Waals surface area contributed by atoms with E-state index in [1.165, 1.54) is 6.21 Å². The second kappa shape index (κ2) is 5.02. The smallest absolute Gasteiger partial charge is 0.184 e. The van der Waals surface area contributed by atoms with Gasteiger partial charge in [0.15, 0.2) is 5.11 Å². The Labute approximate surface area is 94.3 Å². The summed E-state index contributed by atoms with van der Waals surface area (Å²) in [6.45, 7) is 0. The summed E-state index contributed by atoms with van der Waals surface area (Å²) < 4.78 is 13.7. The van der Waals surface area contributed by atoms with Gasteiger partial charge in [0.25, 0.3) is 0 Å². The summed E-state index contributed by atoms with van der Waals surface area (Å²) in [5, 5.41) is 3.68. The molecular formula is C8H7BrFN3S. The van der Waals surface area contributed by atoms with Crippen LogP contribution in [0.15, 0.2) is 27.8 Å². The van der Waals surface area contributed by atoms with E-state index >= 15 is 0 Å². The van der Waals surface area contributed by atoms with Crippen molar-refractivity contribution < 1.29 is 4.39 Å². The Morgan fingerprint density at radius 1 is 1.64 bits per heavy atom. The molecule has 0 radical (unpaired) electrons. The van der Waals surface area contributed by atoms with Crippen molar-refractivity contribution >= 4 is 39.5 Å². The molecule has 0 saturated heterocycles. The molecule has 0 unspecified atom stereocenters. The average molecular weight is 276 g/mol. The van der Waals surface area contributed by atoms with Crippen LogP contribution in [0, 0.1) is 5.82 Å². The van der Waals surface area contributed by atoms with Gasteiger partial charge in [0.05, 0.1) is 10.7 Å². The summed E-state index contributed by atoms with van der Waals surface area (Å²) in [4.78, 5) is 0. The molecule has 0 aliphatic rings. The van der Waals surface area contributed by atoms with E-state index in [2.05, 4.69) is 38.7 Å². The van der Waals surface area contributed by atoms with Crippen molar-refractivity contribution in [1.82, 2.24) is 5.43 Å². The number of rotatable bonds is 2. The van der Waals surface area contributed by atoms with E-state index < -0.39 is 0 Å². The molecule has 3 N–H and O–H groups in total. The second-order valence-corrected chi connectivity index (χ2v) is 3.67. The van der Waals surface area contributed by atoms with Crippen LogP contribution >= 0.6 is 28.1 Å². The highest BCUT2D eigenvalue weighted by Gasteiger charge is 2.02. The summed E-state index contributed by atoms with van der Waals surface area (Å²) in [7, 11) is 0. The van der Waals surface area contributed by atoms with Crippen LogP contribution in [0.4, 0.5) is 4.39 Å². The van der Waals surface area contributed by atoms with E-state index in [4.69, 9.17) is 5.73 Å². The number of halogens is 2. The second-order valence-electron chi connectivity index (χ2n) is 2.38. The maximum absolute atomic E-state index is 13.3. The number of thiocarbonyl (C=S) groups is 1. The van der Waals surface area contributed by atoms with Gasteiger partial charge in [-0.05, 0) is 34.2 Å². The minimum Gasteiger partial charge on any atom is -0.375 e. The Morgan fingerprint density at radius 2 is 2.36 bits per heavy atom. The molecule has 1 aromatic carbocycles. The average Bonchev–Trinajstić information content (AvgIpc) is 2.12. The van der Waals surface area contributed by atoms with Crippen molar-refractivity contribution in [3.63, 3.8) is 0 Å². The van der Waals surface area contributed by atoms with Crippen molar-refractivity contribution in [2.45, 2.75) is 0 Å². The monoisotopic (exact) mass is 275 g/mol. The van der Waals surface area contributed by atoms with E-state index in [1.54, 1.807) is 18.2 Å². The van der Waals surface area contributed by atoms with Gasteiger partial charge in [-0.2, -0.15) is 5.10 Å². The molecule has 74 valence electrons. The number of nitrogens with one attached hydrogen (secondary N) is 1. The molecule has 6 heteroatoms. The molecule has 0 saturated carbocycles. The molecule has 0 bridgehead atoms. The number of nitrogens with two attached hydrogens (primary N) is 1.